The van der Waals surface area contributed by atoms with Gasteiger partial charge in [0.1, 0.15) is 12.2 Å². The average Bonchev–Trinajstić information content (AvgIpc) is 2.73. The second-order valence-corrected chi connectivity index (χ2v) is 7.79. The van der Waals surface area contributed by atoms with E-state index in [0.717, 1.165) is 44.3 Å². The van der Waals surface area contributed by atoms with Crippen LogP contribution in [0.1, 0.15) is 93.9 Å². The molecule has 1 aromatic rings. The Kier molecular flexibility index (Phi) is 8.28. The molecule has 4 nitrogen and oxygen atoms in total. The van der Waals surface area contributed by atoms with Gasteiger partial charge >= 0.3 is 5.97 Å². The van der Waals surface area contributed by atoms with E-state index in [-0.39, 0.29) is 23.9 Å². The number of hydrogen-bond acceptors (Lipinski definition) is 4. The molecule has 3 atom stereocenters. The molecule has 0 aliphatic heterocycles. The van der Waals surface area contributed by atoms with Gasteiger partial charge in [-0.1, -0.05) is 39.0 Å². The van der Waals surface area contributed by atoms with Crippen LogP contribution in [0.2, 0.25) is 0 Å². The summed E-state index contributed by atoms with van der Waals surface area (Å²) in [6.07, 6.45) is 5.01. The first-order chi connectivity index (χ1) is 13.4. The van der Waals surface area contributed by atoms with Crippen LogP contribution in [-0.4, -0.2) is 24.0 Å². The lowest BCUT2D eigenvalue weighted by Gasteiger charge is -2.32. The molecule has 0 bridgehead atoms. The Bertz CT molecular complexity index is 719. The molecule has 2 rings (SSSR count). The molecule has 0 spiro atoms. The SMILES string of the molecule is CC/C(C)=C(/C)OC1CCCCC1OC(=O)c1ccccc1C(=O)C(C)CC. The van der Waals surface area contributed by atoms with E-state index in [1.54, 1.807) is 24.3 Å². The van der Waals surface area contributed by atoms with Crippen molar-refractivity contribution in [2.24, 2.45) is 5.92 Å². The van der Waals surface area contributed by atoms with E-state index in [0.29, 0.717) is 11.1 Å². The first-order valence-electron chi connectivity index (χ1n) is 10.6. The van der Waals surface area contributed by atoms with Crippen molar-refractivity contribution in [1.82, 2.24) is 0 Å². The molecule has 1 fully saturated rings. The van der Waals surface area contributed by atoms with E-state index < -0.39 is 5.97 Å². The van der Waals surface area contributed by atoms with Crippen molar-refractivity contribution in [2.45, 2.75) is 85.4 Å². The molecule has 0 N–H and O–H groups in total. The van der Waals surface area contributed by atoms with E-state index in [1.165, 1.54) is 5.57 Å². The van der Waals surface area contributed by atoms with E-state index in [9.17, 15) is 9.59 Å². The van der Waals surface area contributed by atoms with Gasteiger partial charge in [-0.05, 0) is 64.0 Å². The van der Waals surface area contributed by atoms with E-state index in [4.69, 9.17) is 9.47 Å². The minimum Gasteiger partial charge on any atom is -0.491 e. The summed E-state index contributed by atoms with van der Waals surface area (Å²) in [6.45, 7) is 10.0. The van der Waals surface area contributed by atoms with Crippen LogP contribution in [0, 0.1) is 5.92 Å². The van der Waals surface area contributed by atoms with Crippen LogP contribution in [0.5, 0.6) is 0 Å². The topological polar surface area (TPSA) is 52.6 Å². The minimum absolute atomic E-state index is 0.0103. The summed E-state index contributed by atoms with van der Waals surface area (Å²) in [6, 6.07) is 6.97. The highest BCUT2D eigenvalue weighted by Crippen LogP contribution is 2.28. The molecule has 0 saturated heterocycles. The first-order valence-corrected chi connectivity index (χ1v) is 10.6. The number of hydrogen-bond donors (Lipinski definition) is 0. The van der Waals surface area contributed by atoms with Gasteiger partial charge in [-0.2, -0.15) is 0 Å². The van der Waals surface area contributed by atoms with Crippen molar-refractivity contribution in [1.29, 1.82) is 0 Å². The zero-order valence-electron chi connectivity index (χ0n) is 17.9. The number of ether oxygens (including phenoxy) is 2. The third-order valence-corrected chi connectivity index (χ3v) is 5.83. The van der Waals surface area contributed by atoms with E-state index >= 15 is 0 Å². The molecule has 1 aliphatic carbocycles. The number of allylic oxidation sites excluding steroid dienone is 2. The molecule has 4 heteroatoms. The van der Waals surface area contributed by atoms with Crippen molar-refractivity contribution in [3.63, 3.8) is 0 Å². The zero-order valence-corrected chi connectivity index (χ0v) is 17.9. The van der Waals surface area contributed by atoms with Gasteiger partial charge in [-0.25, -0.2) is 4.79 Å². The van der Waals surface area contributed by atoms with Crippen molar-refractivity contribution >= 4 is 11.8 Å². The maximum absolute atomic E-state index is 12.9. The molecule has 28 heavy (non-hydrogen) atoms. The van der Waals surface area contributed by atoms with Crippen LogP contribution in [0.3, 0.4) is 0 Å². The van der Waals surface area contributed by atoms with E-state index in [2.05, 4.69) is 13.8 Å². The summed E-state index contributed by atoms with van der Waals surface area (Å²) in [5.74, 6) is 0.359. The van der Waals surface area contributed by atoms with Crippen molar-refractivity contribution in [3.05, 3.63) is 46.7 Å². The zero-order chi connectivity index (χ0) is 20.7. The van der Waals surface area contributed by atoms with Gasteiger partial charge in [0.2, 0.25) is 0 Å². The summed E-state index contributed by atoms with van der Waals surface area (Å²) < 4.78 is 12.0. The fourth-order valence-electron chi connectivity index (χ4n) is 3.44. The highest BCUT2D eigenvalue weighted by Gasteiger charge is 2.32. The monoisotopic (exact) mass is 386 g/mol. The second kappa shape index (κ2) is 10.4. The van der Waals surface area contributed by atoms with Gasteiger partial charge in [0.25, 0.3) is 0 Å². The summed E-state index contributed by atoms with van der Waals surface area (Å²) >= 11 is 0. The number of esters is 1. The molecular formula is C24H34O4. The number of carbonyl (C=O) groups excluding carboxylic acids is 2. The first kappa shape index (κ1) is 22.2. The van der Waals surface area contributed by atoms with Gasteiger partial charge in [-0.15, -0.1) is 0 Å². The third kappa shape index (κ3) is 5.46. The van der Waals surface area contributed by atoms with Crippen LogP contribution in [0.15, 0.2) is 35.6 Å². The molecule has 0 aromatic heterocycles. The molecule has 1 aliphatic rings. The highest BCUT2D eigenvalue weighted by atomic mass is 16.6. The van der Waals surface area contributed by atoms with Gasteiger partial charge < -0.3 is 9.47 Å². The lowest BCUT2D eigenvalue weighted by molar-refractivity contribution is -0.0493. The Morgan fingerprint density at radius 3 is 2.14 bits per heavy atom. The smallest absolute Gasteiger partial charge is 0.339 e. The lowest BCUT2D eigenvalue weighted by atomic mass is 9.93. The Morgan fingerprint density at radius 1 is 1.00 bits per heavy atom. The number of rotatable bonds is 8. The normalized spacial score (nSPS) is 21.5. The van der Waals surface area contributed by atoms with Crippen LogP contribution in [-0.2, 0) is 9.47 Å². The van der Waals surface area contributed by atoms with Crippen molar-refractivity contribution in [3.8, 4) is 0 Å². The Morgan fingerprint density at radius 2 is 1.57 bits per heavy atom. The van der Waals surface area contributed by atoms with Gasteiger partial charge in [0.05, 0.1) is 11.3 Å². The van der Waals surface area contributed by atoms with Crippen LogP contribution >= 0.6 is 0 Å². The standard InChI is InChI=1S/C24H34O4/c1-6-16(3)18(5)27-21-14-10-11-15-22(21)28-24(26)20-13-9-8-12-19(20)23(25)17(4)7-2/h8-9,12-13,17,21-22H,6-7,10-11,14-15H2,1-5H3/b18-16-. The maximum atomic E-state index is 12.9. The van der Waals surface area contributed by atoms with Crippen LogP contribution < -0.4 is 0 Å². The molecular weight excluding hydrogens is 352 g/mol. The predicted molar refractivity (Wildman–Crippen MR) is 111 cm³/mol. The molecule has 3 unspecified atom stereocenters. The summed E-state index contributed by atoms with van der Waals surface area (Å²) in [4.78, 5) is 25.6. The second-order valence-electron chi connectivity index (χ2n) is 7.79. The highest BCUT2D eigenvalue weighted by molar-refractivity contribution is 6.07. The van der Waals surface area contributed by atoms with E-state index in [1.807, 2.05) is 20.8 Å². The fraction of sp³-hybridized carbons (Fsp3) is 0.583. The quantitative estimate of drug-likeness (QED) is 0.307. The molecule has 0 heterocycles. The third-order valence-electron chi connectivity index (χ3n) is 5.83. The Balaban J connectivity index is 2.18. The number of benzene rings is 1. The van der Waals surface area contributed by atoms with Crippen molar-refractivity contribution < 1.29 is 19.1 Å². The minimum atomic E-state index is -0.429. The largest absolute Gasteiger partial charge is 0.491 e. The predicted octanol–water partition coefficient (Wildman–Crippen LogP) is 6.10. The molecule has 1 aromatic carbocycles. The fourth-order valence-corrected chi connectivity index (χ4v) is 3.44. The Labute approximate surface area is 169 Å². The number of ketones is 1. The average molecular weight is 387 g/mol. The molecule has 0 radical (unpaired) electrons. The maximum Gasteiger partial charge on any atom is 0.339 e. The van der Waals surface area contributed by atoms with Crippen molar-refractivity contribution in [2.75, 3.05) is 0 Å². The summed E-state index contributed by atoms with van der Waals surface area (Å²) in [5, 5.41) is 0. The number of carbonyl (C=O) groups is 2. The summed E-state index contributed by atoms with van der Waals surface area (Å²) in [7, 11) is 0. The van der Waals surface area contributed by atoms with Crippen LogP contribution in [0.25, 0.3) is 0 Å². The summed E-state index contributed by atoms with van der Waals surface area (Å²) in [5.41, 5.74) is 2.02. The van der Waals surface area contributed by atoms with Gasteiger partial charge in [0, 0.05) is 11.5 Å². The molecule has 0 amide bonds. The van der Waals surface area contributed by atoms with Gasteiger partial charge in [-0.3, -0.25) is 4.79 Å². The van der Waals surface area contributed by atoms with Crippen LogP contribution in [0.4, 0.5) is 0 Å². The lowest BCUT2D eigenvalue weighted by Crippen LogP contribution is -2.36. The van der Waals surface area contributed by atoms with Gasteiger partial charge in [0.15, 0.2) is 5.78 Å². The number of Topliss-reactive ketones (excluding diaryl/α,β-unsaturated/α-hetero) is 1. The Hall–Kier alpha value is -2.10. The molecule has 154 valence electrons. The molecule has 1 saturated carbocycles.